The minimum Gasteiger partial charge on any atom is -0.478 e. The maximum Gasteiger partial charge on any atom is 0.337 e. The van der Waals surface area contributed by atoms with Crippen LogP contribution in [0.15, 0.2) is 21.9 Å². The van der Waals surface area contributed by atoms with Gasteiger partial charge in [0.1, 0.15) is 0 Å². The van der Waals surface area contributed by atoms with E-state index in [1.54, 1.807) is 0 Å². The van der Waals surface area contributed by atoms with Gasteiger partial charge in [-0.1, -0.05) is 25.4 Å². The second-order valence-corrected chi connectivity index (χ2v) is 7.29. The minimum atomic E-state index is -3.41. The molecule has 7 heteroatoms. The van der Waals surface area contributed by atoms with Gasteiger partial charge in [0.25, 0.3) is 0 Å². The van der Waals surface area contributed by atoms with Gasteiger partial charge in [-0.05, 0) is 17.9 Å². The first-order chi connectivity index (χ1) is 8.35. The average molecular weight is 309 g/mol. The van der Waals surface area contributed by atoms with Crippen molar-refractivity contribution < 1.29 is 18.3 Å². The van der Waals surface area contributed by atoms with Crippen molar-refractivity contribution in [3.63, 3.8) is 0 Å². The lowest BCUT2D eigenvalue weighted by atomic mass is 10.2. The topological polar surface area (TPSA) is 71.4 Å². The zero-order chi connectivity index (χ0) is 13.9. The van der Waals surface area contributed by atoms with Gasteiger partial charge in [-0.2, -0.15) is 0 Å². The van der Waals surface area contributed by atoms with E-state index in [-0.39, 0.29) is 21.2 Å². The van der Waals surface area contributed by atoms with Crippen molar-refractivity contribution in [1.82, 2.24) is 0 Å². The summed E-state index contributed by atoms with van der Waals surface area (Å²) >= 11 is 7.21. The number of hydrogen-bond donors (Lipinski definition) is 1. The van der Waals surface area contributed by atoms with Crippen LogP contribution in [0.5, 0.6) is 0 Å². The van der Waals surface area contributed by atoms with Crippen LogP contribution >= 0.6 is 23.4 Å². The first-order valence-corrected chi connectivity index (χ1v) is 8.28. The number of rotatable bonds is 5. The summed E-state index contributed by atoms with van der Waals surface area (Å²) in [6, 6.07) is 2.54. The van der Waals surface area contributed by atoms with Gasteiger partial charge in [-0.3, -0.25) is 0 Å². The molecule has 0 amide bonds. The Morgan fingerprint density at radius 2 is 2.00 bits per heavy atom. The number of carboxylic acids is 1. The van der Waals surface area contributed by atoms with Gasteiger partial charge in [0.15, 0.2) is 9.84 Å². The highest BCUT2D eigenvalue weighted by Gasteiger charge is 2.23. The SMILES string of the molecule is CCSc1c(S(=O)(=O)CC)ccc(C(=O)O)c1Cl. The highest BCUT2D eigenvalue weighted by atomic mass is 35.5. The summed E-state index contributed by atoms with van der Waals surface area (Å²) in [4.78, 5) is 11.4. The Hall–Kier alpha value is -0.720. The first-order valence-electron chi connectivity index (χ1n) is 5.26. The van der Waals surface area contributed by atoms with Gasteiger partial charge >= 0.3 is 5.97 Å². The lowest BCUT2D eigenvalue weighted by molar-refractivity contribution is 0.0696. The lowest BCUT2D eigenvalue weighted by Crippen LogP contribution is -2.08. The van der Waals surface area contributed by atoms with E-state index in [4.69, 9.17) is 16.7 Å². The van der Waals surface area contributed by atoms with Crippen LogP contribution in [-0.4, -0.2) is 31.0 Å². The summed E-state index contributed by atoms with van der Waals surface area (Å²) in [6.07, 6.45) is 0. The predicted molar refractivity (Wildman–Crippen MR) is 72.5 cm³/mol. The summed E-state index contributed by atoms with van der Waals surface area (Å²) < 4.78 is 23.8. The molecule has 1 aromatic rings. The molecule has 100 valence electrons. The lowest BCUT2D eigenvalue weighted by Gasteiger charge is -2.12. The fourth-order valence-corrected chi connectivity index (χ4v) is 4.11. The van der Waals surface area contributed by atoms with Gasteiger partial charge in [-0.15, -0.1) is 11.8 Å². The van der Waals surface area contributed by atoms with Gasteiger partial charge in [0.2, 0.25) is 0 Å². The van der Waals surface area contributed by atoms with Crippen molar-refractivity contribution in [2.75, 3.05) is 11.5 Å². The van der Waals surface area contributed by atoms with E-state index in [0.29, 0.717) is 10.6 Å². The molecule has 0 aromatic heterocycles. The van der Waals surface area contributed by atoms with Crippen LogP contribution in [0.4, 0.5) is 0 Å². The predicted octanol–water partition coefficient (Wildman–Crippen LogP) is 2.94. The summed E-state index contributed by atoms with van der Waals surface area (Å²) in [6.45, 7) is 3.38. The summed E-state index contributed by atoms with van der Waals surface area (Å²) in [5.74, 6) is -0.611. The molecule has 18 heavy (non-hydrogen) atoms. The minimum absolute atomic E-state index is 0.0103. The number of carboxylic acid groups (broad SMARTS) is 1. The summed E-state index contributed by atoms with van der Waals surface area (Å²) in [7, 11) is -3.41. The van der Waals surface area contributed by atoms with E-state index < -0.39 is 15.8 Å². The van der Waals surface area contributed by atoms with Gasteiger partial charge in [0.05, 0.1) is 21.2 Å². The van der Waals surface area contributed by atoms with Crippen molar-refractivity contribution in [3.8, 4) is 0 Å². The Labute approximate surface area is 115 Å². The number of carbonyl (C=O) groups is 1. The number of benzene rings is 1. The molecular weight excluding hydrogens is 296 g/mol. The van der Waals surface area contributed by atoms with Crippen molar-refractivity contribution in [2.45, 2.75) is 23.6 Å². The van der Waals surface area contributed by atoms with E-state index in [0.717, 1.165) is 0 Å². The molecule has 0 unspecified atom stereocenters. The fraction of sp³-hybridized carbons (Fsp3) is 0.364. The van der Waals surface area contributed by atoms with E-state index >= 15 is 0 Å². The van der Waals surface area contributed by atoms with E-state index in [2.05, 4.69) is 0 Å². The standard InChI is InChI=1S/C11H13ClO4S2/c1-3-17-10-8(18(15,16)4-2)6-5-7(9(10)12)11(13)14/h5-6H,3-4H2,1-2H3,(H,13,14). The maximum absolute atomic E-state index is 11.9. The van der Waals surface area contributed by atoms with Crippen molar-refractivity contribution >= 4 is 39.2 Å². The zero-order valence-corrected chi connectivity index (χ0v) is 12.3. The molecule has 0 aliphatic heterocycles. The summed E-state index contributed by atoms with van der Waals surface area (Å²) in [5.41, 5.74) is -0.0809. The normalized spacial score (nSPS) is 11.5. The van der Waals surface area contributed by atoms with Crippen LogP contribution < -0.4 is 0 Å². The molecule has 0 heterocycles. The van der Waals surface area contributed by atoms with E-state index in [1.807, 2.05) is 6.92 Å². The third kappa shape index (κ3) is 2.99. The molecule has 0 fully saturated rings. The Balaban J connectivity index is 3.56. The molecule has 0 saturated carbocycles. The zero-order valence-electron chi connectivity index (χ0n) is 9.94. The molecule has 0 spiro atoms. The molecule has 0 radical (unpaired) electrons. The average Bonchev–Trinajstić information content (AvgIpc) is 2.31. The second-order valence-electron chi connectivity index (χ2n) is 3.40. The third-order valence-corrected chi connectivity index (χ3v) is 5.70. The number of sulfone groups is 1. The van der Waals surface area contributed by atoms with Crippen LogP contribution in [0.1, 0.15) is 24.2 Å². The van der Waals surface area contributed by atoms with Crippen molar-refractivity contribution in [3.05, 3.63) is 22.7 Å². The van der Waals surface area contributed by atoms with Crippen LogP contribution in [0.25, 0.3) is 0 Å². The molecule has 4 nitrogen and oxygen atoms in total. The number of thioether (sulfide) groups is 1. The molecule has 1 N–H and O–H groups in total. The monoisotopic (exact) mass is 308 g/mol. The number of aromatic carboxylic acids is 1. The molecular formula is C11H13ClO4S2. The Bertz CT molecular complexity index is 567. The highest BCUT2D eigenvalue weighted by Crippen LogP contribution is 2.36. The Morgan fingerprint density at radius 3 is 2.44 bits per heavy atom. The second kappa shape index (κ2) is 5.95. The highest BCUT2D eigenvalue weighted by molar-refractivity contribution is 8.00. The van der Waals surface area contributed by atoms with E-state index in [9.17, 15) is 13.2 Å². The first kappa shape index (κ1) is 15.3. The van der Waals surface area contributed by atoms with Gasteiger partial charge in [0, 0.05) is 4.90 Å². The van der Waals surface area contributed by atoms with Crippen LogP contribution in [-0.2, 0) is 9.84 Å². The molecule has 0 aliphatic rings. The Morgan fingerprint density at radius 1 is 1.39 bits per heavy atom. The molecule has 0 aliphatic carbocycles. The van der Waals surface area contributed by atoms with Crippen LogP contribution in [0, 0.1) is 0 Å². The molecule has 1 aromatic carbocycles. The van der Waals surface area contributed by atoms with Crippen LogP contribution in [0.3, 0.4) is 0 Å². The summed E-state index contributed by atoms with van der Waals surface area (Å²) in [5, 5.41) is 8.96. The maximum atomic E-state index is 11.9. The van der Waals surface area contributed by atoms with Crippen LogP contribution in [0.2, 0.25) is 5.02 Å². The van der Waals surface area contributed by atoms with Gasteiger partial charge < -0.3 is 5.11 Å². The molecule has 0 bridgehead atoms. The Kier molecular flexibility index (Phi) is 5.07. The molecule has 0 saturated heterocycles. The van der Waals surface area contributed by atoms with Crippen molar-refractivity contribution in [1.29, 1.82) is 0 Å². The largest absolute Gasteiger partial charge is 0.478 e. The molecule has 1 rings (SSSR count). The van der Waals surface area contributed by atoms with E-state index in [1.165, 1.54) is 30.8 Å². The van der Waals surface area contributed by atoms with Gasteiger partial charge in [-0.25, -0.2) is 13.2 Å². The van der Waals surface area contributed by atoms with Crippen molar-refractivity contribution in [2.24, 2.45) is 0 Å². The molecule has 0 atom stereocenters. The quantitative estimate of drug-likeness (QED) is 0.847. The fourth-order valence-electron chi connectivity index (χ4n) is 1.38. The number of hydrogen-bond acceptors (Lipinski definition) is 4. The smallest absolute Gasteiger partial charge is 0.337 e. The third-order valence-electron chi connectivity index (χ3n) is 2.30. The number of halogens is 1.